The number of carbonyl (C=O) groups excluding carboxylic acids is 3. The molecule has 3 N–H and O–H groups in total. The van der Waals surface area contributed by atoms with E-state index in [-0.39, 0.29) is 0 Å². The number of amides is 3. The van der Waals surface area contributed by atoms with E-state index >= 15 is 0 Å². The Bertz CT molecular complexity index is 856. The second-order valence-corrected chi connectivity index (χ2v) is 6.58. The normalized spacial score (nSPS) is 13.5. The van der Waals surface area contributed by atoms with Crippen LogP contribution in [0.5, 0.6) is 0 Å². The number of benzene rings is 2. The fourth-order valence-electron chi connectivity index (χ4n) is 3.32. The maximum atomic E-state index is 12.7. The van der Waals surface area contributed by atoms with Gasteiger partial charge in [-0.2, -0.15) is 0 Å². The van der Waals surface area contributed by atoms with E-state index in [4.69, 9.17) is 5.21 Å². The highest BCUT2D eigenvalue weighted by Crippen LogP contribution is 2.28. The molecule has 2 aromatic rings. The van der Waals surface area contributed by atoms with Crippen molar-refractivity contribution in [3.05, 3.63) is 65.2 Å². The molecule has 3 amide bonds. The van der Waals surface area contributed by atoms with Crippen LogP contribution in [0.4, 0.5) is 5.69 Å². The van der Waals surface area contributed by atoms with Gasteiger partial charge in [-0.3, -0.25) is 19.6 Å². The summed E-state index contributed by atoms with van der Waals surface area (Å²) in [4.78, 5) is 39.6. The van der Waals surface area contributed by atoms with E-state index in [9.17, 15) is 14.4 Å². The van der Waals surface area contributed by atoms with Crippen LogP contribution in [-0.2, 0) is 22.7 Å². The lowest BCUT2D eigenvalue weighted by Crippen LogP contribution is -2.54. The van der Waals surface area contributed by atoms with E-state index < -0.39 is 23.8 Å². The lowest BCUT2D eigenvalue weighted by atomic mass is 10.1. The van der Waals surface area contributed by atoms with Gasteiger partial charge in [0.2, 0.25) is 0 Å². The Labute approximate surface area is 162 Å². The predicted octanol–water partition coefficient (Wildman–Crippen LogP) is 0.899. The zero-order chi connectivity index (χ0) is 20.3. The third kappa shape index (κ3) is 3.67. The van der Waals surface area contributed by atoms with Crippen LogP contribution in [0.2, 0.25) is 0 Å². The van der Waals surface area contributed by atoms with Crippen molar-refractivity contribution in [1.82, 2.24) is 15.7 Å². The first-order chi connectivity index (χ1) is 13.5. The van der Waals surface area contributed by atoms with Gasteiger partial charge in [-0.1, -0.05) is 24.3 Å². The molecule has 0 radical (unpaired) electrons. The molecular formula is C20H22N4O4. The standard InChI is InChI=1S/C20H22N4O4/c1-21-18(25)17(19(26)22-28)23(2)20(27)13-7-9-16(10-8-13)24-11-14-5-3-4-6-15(14)12-24/h3-10,17,28H,11-12H2,1-2H3,(H,21,25)(H,22,26). The van der Waals surface area contributed by atoms with Crippen molar-refractivity contribution in [3.8, 4) is 0 Å². The summed E-state index contributed by atoms with van der Waals surface area (Å²) in [5.74, 6) is -2.19. The number of hydrogen-bond acceptors (Lipinski definition) is 5. The van der Waals surface area contributed by atoms with Crippen LogP contribution in [0.15, 0.2) is 48.5 Å². The van der Waals surface area contributed by atoms with Crippen molar-refractivity contribution in [1.29, 1.82) is 0 Å². The fraction of sp³-hybridized carbons (Fsp3) is 0.250. The fourth-order valence-corrected chi connectivity index (χ4v) is 3.32. The molecule has 0 aromatic heterocycles. The summed E-state index contributed by atoms with van der Waals surface area (Å²) >= 11 is 0. The number of carbonyl (C=O) groups is 3. The minimum absolute atomic E-state index is 0.336. The first kappa shape index (κ1) is 19.4. The lowest BCUT2D eigenvalue weighted by molar-refractivity contribution is -0.140. The summed E-state index contributed by atoms with van der Waals surface area (Å²) in [6.45, 7) is 1.61. The molecule has 1 aliphatic heterocycles. The summed E-state index contributed by atoms with van der Waals surface area (Å²) in [5.41, 5.74) is 5.30. The molecule has 8 heteroatoms. The van der Waals surface area contributed by atoms with E-state index in [1.807, 2.05) is 24.3 Å². The maximum Gasteiger partial charge on any atom is 0.275 e. The molecule has 146 valence electrons. The van der Waals surface area contributed by atoms with Crippen molar-refractivity contribution >= 4 is 23.4 Å². The summed E-state index contributed by atoms with van der Waals surface area (Å²) in [5, 5.41) is 11.2. The largest absolute Gasteiger partial charge is 0.363 e. The highest BCUT2D eigenvalue weighted by atomic mass is 16.5. The number of nitrogens with one attached hydrogen (secondary N) is 2. The third-order valence-electron chi connectivity index (χ3n) is 4.88. The van der Waals surface area contributed by atoms with Crippen LogP contribution in [-0.4, -0.2) is 48.0 Å². The highest BCUT2D eigenvalue weighted by Gasteiger charge is 2.33. The Balaban J connectivity index is 1.75. The number of hydroxylamine groups is 1. The molecule has 28 heavy (non-hydrogen) atoms. The Morgan fingerprint density at radius 1 is 1.00 bits per heavy atom. The molecule has 0 saturated heterocycles. The summed E-state index contributed by atoms with van der Waals surface area (Å²) < 4.78 is 0. The van der Waals surface area contributed by atoms with E-state index in [1.165, 1.54) is 30.7 Å². The molecule has 3 rings (SSSR count). The van der Waals surface area contributed by atoms with Gasteiger partial charge < -0.3 is 15.1 Å². The molecule has 8 nitrogen and oxygen atoms in total. The minimum atomic E-state index is -1.48. The van der Waals surface area contributed by atoms with Crippen LogP contribution in [0, 0.1) is 0 Å². The maximum absolute atomic E-state index is 12.7. The molecule has 0 saturated carbocycles. The molecule has 1 aliphatic rings. The zero-order valence-corrected chi connectivity index (χ0v) is 15.7. The Kier molecular flexibility index (Phi) is 5.60. The van der Waals surface area contributed by atoms with Crippen molar-refractivity contribution in [2.75, 3.05) is 19.0 Å². The second kappa shape index (κ2) is 8.10. The molecule has 1 atom stereocenters. The van der Waals surface area contributed by atoms with Gasteiger partial charge in [-0.15, -0.1) is 0 Å². The highest BCUT2D eigenvalue weighted by molar-refractivity contribution is 6.08. The Morgan fingerprint density at radius 3 is 2.07 bits per heavy atom. The number of likely N-dealkylation sites (N-methyl/N-ethyl adjacent to an activating group) is 2. The summed E-state index contributed by atoms with van der Waals surface area (Å²) in [7, 11) is 2.68. The average Bonchev–Trinajstić information content (AvgIpc) is 3.17. The molecule has 2 aromatic carbocycles. The van der Waals surface area contributed by atoms with Crippen LogP contribution < -0.4 is 15.7 Å². The van der Waals surface area contributed by atoms with Crippen LogP contribution >= 0.6 is 0 Å². The van der Waals surface area contributed by atoms with Crippen LogP contribution in [0.1, 0.15) is 21.5 Å². The Morgan fingerprint density at radius 2 is 1.57 bits per heavy atom. The van der Waals surface area contributed by atoms with Crippen molar-refractivity contribution in [2.45, 2.75) is 19.1 Å². The quantitative estimate of drug-likeness (QED) is 0.405. The van der Waals surface area contributed by atoms with Gasteiger partial charge in [0, 0.05) is 38.4 Å². The number of hydrogen-bond donors (Lipinski definition) is 3. The van der Waals surface area contributed by atoms with E-state index in [2.05, 4.69) is 22.3 Å². The first-order valence-corrected chi connectivity index (χ1v) is 8.80. The monoisotopic (exact) mass is 382 g/mol. The van der Waals surface area contributed by atoms with E-state index in [1.54, 1.807) is 12.1 Å². The molecule has 0 spiro atoms. The summed E-state index contributed by atoms with van der Waals surface area (Å²) in [6, 6.07) is 13.8. The van der Waals surface area contributed by atoms with Crippen LogP contribution in [0.3, 0.4) is 0 Å². The number of nitrogens with zero attached hydrogens (tertiary/aromatic N) is 2. The average molecular weight is 382 g/mol. The molecule has 0 bridgehead atoms. The minimum Gasteiger partial charge on any atom is -0.363 e. The summed E-state index contributed by atoms with van der Waals surface area (Å²) in [6.07, 6.45) is 0. The molecular weight excluding hydrogens is 360 g/mol. The first-order valence-electron chi connectivity index (χ1n) is 8.80. The van der Waals surface area contributed by atoms with Crippen molar-refractivity contribution in [2.24, 2.45) is 0 Å². The predicted molar refractivity (Wildman–Crippen MR) is 103 cm³/mol. The smallest absolute Gasteiger partial charge is 0.275 e. The van der Waals surface area contributed by atoms with Crippen molar-refractivity contribution < 1.29 is 19.6 Å². The van der Waals surface area contributed by atoms with Gasteiger partial charge in [-0.05, 0) is 35.4 Å². The molecule has 0 fully saturated rings. The third-order valence-corrected chi connectivity index (χ3v) is 4.88. The molecule has 0 aliphatic carbocycles. The molecule has 1 unspecified atom stereocenters. The Hall–Kier alpha value is -3.39. The van der Waals surface area contributed by atoms with Gasteiger partial charge in [0.15, 0.2) is 6.04 Å². The lowest BCUT2D eigenvalue weighted by Gasteiger charge is -2.25. The van der Waals surface area contributed by atoms with Gasteiger partial charge in [0.25, 0.3) is 17.7 Å². The van der Waals surface area contributed by atoms with Gasteiger partial charge in [0.05, 0.1) is 0 Å². The van der Waals surface area contributed by atoms with Gasteiger partial charge in [-0.25, -0.2) is 5.48 Å². The topological polar surface area (TPSA) is 102 Å². The van der Waals surface area contributed by atoms with E-state index in [0.717, 1.165) is 23.7 Å². The molecule has 1 heterocycles. The number of rotatable bonds is 5. The zero-order valence-electron chi connectivity index (χ0n) is 15.7. The van der Waals surface area contributed by atoms with Crippen LogP contribution in [0.25, 0.3) is 0 Å². The van der Waals surface area contributed by atoms with Gasteiger partial charge >= 0.3 is 0 Å². The SMILES string of the molecule is CNC(=O)C(C(=O)NO)N(C)C(=O)c1ccc(N2Cc3ccccc3C2)cc1. The number of anilines is 1. The van der Waals surface area contributed by atoms with Crippen molar-refractivity contribution in [3.63, 3.8) is 0 Å². The van der Waals surface area contributed by atoms with Gasteiger partial charge in [0.1, 0.15) is 0 Å². The second-order valence-electron chi connectivity index (χ2n) is 6.58. The van der Waals surface area contributed by atoms with E-state index in [0.29, 0.717) is 5.56 Å². The number of fused-ring (bicyclic) bond motifs is 1.